The van der Waals surface area contributed by atoms with E-state index in [0.717, 1.165) is 12.1 Å². The Morgan fingerprint density at radius 1 is 0.846 bits per heavy atom. The number of alkyl halides is 3. The highest BCUT2D eigenvalue weighted by Crippen LogP contribution is 2.32. The summed E-state index contributed by atoms with van der Waals surface area (Å²) in [6.45, 7) is 0. The lowest BCUT2D eigenvalue weighted by Crippen LogP contribution is -2.04. The molecule has 0 aliphatic carbocycles. The molecule has 0 radical (unpaired) electrons. The highest BCUT2D eigenvalue weighted by atomic mass is 35.5. The third-order valence-electron chi connectivity index (χ3n) is 3.36. The molecule has 3 rings (SSSR count). The van der Waals surface area contributed by atoms with E-state index in [4.69, 9.17) is 34.8 Å². The summed E-state index contributed by atoms with van der Waals surface area (Å²) in [7, 11) is 0. The van der Waals surface area contributed by atoms with Crippen LogP contribution in [0, 0.1) is 0 Å². The lowest BCUT2D eigenvalue weighted by Gasteiger charge is -2.10. The van der Waals surface area contributed by atoms with Crippen molar-refractivity contribution in [3.8, 4) is 11.4 Å². The number of benzene rings is 2. The normalized spacial score (nSPS) is 11.5. The van der Waals surface area contributed by atoms with Gasteiger partial charge in [-0.25, -0.2) is 9.97 Å². The van der Waals surface area contributed by atoms with Gasteiger partial charge in [0.2, 0.25) is 0 Å². The SMILES string of the molecule is FC(F)(F)c1ccc(-c2nc(Cl)cc(Nc3ccc(Cl)cc3Cl)n2)cc1. The van der Waals surface area contributed by atoms with Gasteiger partial charge in [0.25, 0.3) is 0 Å². The summed E-state index contributed by atoms with van der Waals surface area (Å²) >= 11 is 18.0. The number of nitrogens with zero attached hydrogens (tertiary/aromatic N) is 2. The van der Waals surface area contributed by atoms with Crippen molar-refractivity contribution >= 4 is 46.3 Å². The van der Waals surface area contributed by atoms with Crippen molar-refractivity contribution in [1.82, 2.24) is 9.97 Å². The van der Waals surface area contributed by atoms with Crippen molar-refractivity contribution in [3.63, 3.8) is 0 Å². The van der Waals surface area contributed by atoms with Crippen molar-refractivity contribution in [2.24, 2.45) is 0 Å². The Hall–Kier alpha value is -2.02. The highest BCUT2D eigenvalue weighted by Gasteiger charge is 2.30. The first-order chi connectivity index (χ1) is 12.2. The largest absolute Gasteiger partial charge is 0.416 e. The minimum Gasteiger partial charge on any atom is -0.339 e. The van der Waals surface area contributed by atoms with Gasteiger partial charge in [0, 0.05) is 16.7 Å². The molecule has 0 unspecified atom stereocenters. The van der Waals surface area contributed by atoms with Crippen LogP contribution in [0.3, 0.4) is 0 Å². The number of nitrogens with one attached hydrogen (secondary N) is 1. The molecule has 0 aliphatic heterocycles. The maximum Gasteiger partial charge on any atom is 0.416 e. The zero-order valence-electron chi connectivity index (χ0n) is 12.8. The van der Waals surface area contributed by atoms with Crippen LogP contribution in [-0.2, 0) is 6.18 Å². The first-order valence-electron chi connectivity index (χ1n) is 7.17. The minimum absolute atomic E-state index is 0.127. The molecule has 3 nitrogen and oxygen atoms in total. The van der Waals surface area contributed by atoms with Crippen LogP contribution >= 0.6 is 34.8 Å². The molecule has 3 aromatic rings. The van der Waals surface area contributed by atoms with E-state index in [-0.39, 0.29) is 11.0 Å². The summed E-state index contributed by atoms with van der Waals surface area (Å²) in [6.07, 6.45) is -4.41. The third-order valence-corrected chi connectivity index (χ3v) is 4.10. The van der Waals surface area contributed by atoms with Gasteiger partial charge in [0.1, 0.15) is 11.0 Å². The van der Waals surface area contributed by atoms with Crippen molar-refractivity contribution in [2.45, 2.75) is 6.18 Å². The first-order valence-corrected chi connectivity index (χ1v) is 8.30. The zero-order chi connectivity index (χ0) is 18.9. The van der Waals surface area contributed by atoms with E-state index in [1.54, 1.807) is 18.2 Å². The van der Waals surface area contributed by atoms with Crippen LogP contribution in [0.5, 0.6) is 0 Å². The van der Waals surface area contributed by atoms with Crippen LogP contribution in [-0.4, -0.2) is 9.97 Å². The second-order valence-corrected chi connectivity index (χ2v) is 6.45. The van der Waals surface area contributed by atoms with Crippen LogP contribution in [0.15, 0.2) is 48.5 Å². The van der Waals surface area contributed by atoms with Crippen LogP contribution < -0.4 is 5.32 Å². The summed E-state index contributed by atoms with van der Waals surface area (Å²) < 4.78 is 38.0. The van der Waals surface area contributed by atoms with Crippen LogP contribution in [0.4, 0.5) is 24.7 Å². The molecule has 0 amide bonds. The molecule has 0 saturated heterocycles. The van der Waals surface area contributed by atoms with Crippen LogP contribution in [0.1, 0.15) is 5.56 Å². The van der Waals surface area contributed by atoms with E-state index in [1.165, 1.54) is 18.2 Å². The van der Waals surface area contributed by atoms with E-state index in [0.29, 0.717) is 27.1 Å². The van der Waals surface area contributed by atoms with Crippen LogP contribution in [0.2, 0.25) is 15.2 Å². The van der Waals surface area contributed by atoms with Gasteiger partial charge in [0.15, 0.2) is 5.82 Å². The summed E-state index contributed by atoms with van der Waals surface area (Å²) in [5.41, 5.74) is 0.185. The molecule has 1 aromatic heterocycles. The van der Waals surface area contributed by atoms with Gasteiger partial charge < -0.3 is 5.32 Å². The number of anilines is 2. The Morgan fingerprint density at radius 2 is 1.54 bits per heavy atom. The summed E-state index contributed by atoms with van der Waals surface area (Å²) in [5, 5.41) is 3.96. The molecule has 26 heavy (non-hydrogen) atoms. The maximum atomic E-state index is 12.7. The Bertz CT molecular complexity index is 944. The van der Waals surface area contributed by atoms with E-state index in [9.17, 15) is 13.2 Å². The second-order valence-electron chi connectivity index (χ2n) is 5.22. The Morgan fingerprint density at radius 3 is 2.15 bits per heavy atom. The predicted molar refractivity (Wildman–Crippen MR) is 97.2 cm³/mol. The quantitative estimate of drug-likeness (QED) is 0.472. The molecule has 0 fully saturated rings. The number of hydrogen-bond donors (Lipinski definition) is 1. The van der Waals surface area contributed by atoms with Crippen molar-refractivity contribution in [2.75, 3.05) is 5.32 Å². The molecule has 0 spiro atoms. The monoisotopic (exact) mass is 417 g/mol. The second kappa shape index (κ2) is 7.31. The zero-order valence-corrected chi connectivity index (χ0v) is 15.0. The van der Waals surface area contributed by atoms with Gasteiger partial charge in [0.05, 0.1) is 16.3 Å². The van der Waals surface area contributed by atoms with Crippen molar-refractivity contribution < 1.29 is 13.2 Å². The summed E-state index contributed by atoms with van der Waals surface area (Å²) in [5.74, 6) is 0.517. The molecule has 134 valence electrons. The van der Waals surface area contributed by atoms with E-state index >= 15 is 0 Å². The summed E-state index contributed by atoms with van der Waals surface area (Å²) in [6, 6.07) is 10.8. The topological polar surface area (TPSA) is 37.8 Å². The fourth-order valence-corrected chi connectivity index (χ4v) is 2.79. The smallest absolute Gasteiger partial charge is 0.339 e. The number of halogens is 6. The molecule has 0 bridgehead atoms. The molecular formula is C17H9Cl3F3N3. The van der Waals surface area contributed by atoms with E-state index in [1.807, 2.05) is 0 Å². The highest BCUT2D eigenvalue weighted by molar-refractivity contribution is 6.36. The Kier molecular flexibility index (Phi) is 5.27. The summed E-state index contributed by atoms with van der Waals surface area (Å²) in [4.78, 5) is 8.33. The third kappa shape index (κ3) is 4.38. The van der Waals surface area contributed by atoms with E-state index < -0.39 is 11.7 Å². The molecule has 9 heteroatoms. The Labute approximate surface area is 161 Å². The fourth-order valence-electron chi connectivity index (χ4n) is 2.15. The average Bonchev–Trinajstić information content (AvgIpc) is 2.56. The van der Waals surface area contributed by atoms with Crippen LogP contribution in [0.25, 0.3) is 11.4 Å². The molecule has 0 saturated carbocycles. The average molecular weight is 419 g/mol. The molecule has 0 atom stereocenters. The van der Waals surface area contributed by atoms with Gasteiger partial charge in [-0.15, -0.1) is 0 Å². The maximum absolute atomic E-state index is 12.7. The van der Waals surface area contributed by atoms with Gasteiger partial charge in [-0.05, 0) is 30.3 Å². The fraction of sp³-hybridized carbons (Fsp3) is 0.0588. The first kappa shape index (κ1) is 18.8. The van der Waals surface area contributed by atoms with Crippen molar-refractivity contribution in [1.29, 1.82) is 0 Å². The molecular weight excluding hydrogens is 410 g/mol. The Balaban J connectivity index is 1.92. The molecule has 0 aliphatic rings. The lowest BCUT2D eigenvalue weighted by atomic mass is 10.1. The molecule has 1 heterocycles. The minimum atomic E-state index is -4.41. The standard InChI is InChI=1S/C17H9Cl3F3N3/c18-11-5-6-13(12(19)7-11)24-15-8-14(20)25-16(26-15)9-1-3-10(4-2-9)17(21,22)23/h1-8H,(H,24,25,26). The van der Waals surface area contributed by atoms with Gasteiger partial charge in [-0.1, -0.05) is 46.9 Å². The van der Waals surface area contributed by atoms with Crippen molar-refractivity contribution in [3.05, 3.63) is 69.3 Å². The van der Waals surface area contributed by atoms with Gasteiger partial charge in [-0.3, -0.25) is 0 Å². The lowest BCUT2D eigenvalue weighted by molar-refractivity contribution is -0.137. The molecule has 2 aromatic carbocycles. The number of aromatic nitrogens is 2. The number of rotatable bonds is 3. The van der Waals surface area contributed by atoms with Gasteiger partial charge >= 0.3 is 6.18 Å². The van der Waals surface area contributed by atoms with Gasteiger partial charge in [-0.2, -0.15) is 13.2 Å². The molecule has 1 N–H and O–H groups in total. The number of hydrogen-bond acceptors (Lipinski definition) is 3. The van der Waals surface area contributed by atoms with E-state index in [2.05, 4.69) is 15.3 Å². The predicted octanol–water partition coefficient (Wildman–Crippen LogP) is 6.87.